The molecule has 8 heteroatoms. The maximum Gasteiger partial charge on any atom is 0.339 e. The van der Waals surface area contributed by atoms with E-state index >= 15 is 0 Å². The van der Waals surface area contributed by atoms with Crippen LogP contribution < -0.4 is 0 Å². The predicted molar refractivity (Wildman–Crippen MR) is 129 cm³/mol. The molecule has 2 aromatic carbocycles. The number of hydrogen-bond acceptors (Lipinski definition) is 7. The zero-order chi connectivity index (χ0) is 24.3. The first-order chi connectivity index (χ1) is 16.2. The predicted octanol–water partition coefficient (Wildman–Crippen LogP) is 3.71. The number of rotatable bonds is 6. The van der Waals surface area contributed by atoms with Gasteiger partial charge in [-0.3, -0.25) is 15.0 Å². The number of nitro groups is 1. The Labute approximate surface area is 200 Å². The molecule has 0 bridgehead atoms. The van der Waals surface area contributed by atoms with Crippen LogP contribution in [0.3, 0.4) is 0 Å². The molecular formula is C26H33N3O5. The van der Waals surface area contributed by atoms with Gasteiger partial charge in [-0.05, 0) is 31.7 Å². The third-order valence-electron chi connectivity index (χ3n) is 7.41. The fourth-order valence-electron chi connectivity index (χ4n) is 5.42. The zero-order valence-electron chi connectivity index (χ0n) is 20.1. The summed E-state index contributed by atoms with van der Waals surface area (Å²) < 4.78 is 12.1. The van der Waals surface area contributed by atoms with E-state index in [1.165, 1.54) is 24.3 Å². The number of nitro benzene ring substituents is 1. The molecule has 8 nitrogen and oxygen atoms in total. The molecule has 2 aromatic rings. The van der Waals surface area contributed by atoms with E-state index in [1.54, 1.807) is 0 Å². The van der Waals surface area contributed by atoms with E-state index in [-0.39, 0.29) is 11.7 Å². The van der Waals surface area contributed by atoms with Crippen molar-refractivity contribution in [3.05, 3.63) is 75.8 Å². The Bertz CT molecular complexity index is 1010. The van der Waals surface area contributed by atoms with E-state index in [1.807, 2.05) is 30.3 Å². The van der Waals surface area contributed by atoms with Crippen molar-refractivity contribution >= 4 is 11.7 Å². The standard InChI is InChI=1S/C26H33N3O5/c1-20-17-26(22-7-5-4-6-8-22,34-24(30)21-9-11-23(12-10-21)29(31)32)25(2,18-27(20)3)19-28-13-15-33-16-14-28/h4-12,20H,13-19H2,1-3H3. The van der Waals surface area contributed by atoms with Crippen LogP contribution in [0.2, 0.25) is 0 Å². The number of benzene rings is 2. The molecule has 0 aromatic heterocycles. The third-order valence-corrected chi connectivity index (χ3v) is 7.41. The van der Waals surface area contributed by atoms with Crippen molar-refractivity contribution in [2.75, 3.05) is 46.4 Å². The molecule has 2 aliphatic rings. The highest BCUT2D eigenvalue weighted by Gasteiger charge is 2.57. The SMILES string of the molecule is CC1CC(OC(=O)c2ccc([N+](=O)[O-])cc2)(c2ccccc2)C(C)(CN2CCOCC2)CN1C. The average Bonchev–Trinajstić information content (AvgIpc) is 2.83. The first kappa shape index (κ1) is 24.3. The summed E-state index contributed by atoms with van der Waals surface area (Å²) in [5.74, 6) is -0.469. The molecular weight excluding hydrogens is 434 g/mol. The molecule has 0 amide bonds. The lowest BCUT2D eigenvalue weighted by Crippen LogP contribution is -2.64. The second kappa shape index (κ2) is 9.82. The fourth-order valence-corrected chi connectivity index (χ4v) is 5.42. The quantitative estimate of drug-likeness (QED) is 0.364. The van der Waals surface area contributed by atoms with Gasteiger partial charge in [-0.25, -0.2) is 4.79 Å². The van der Waals surface area contributed by atoms with E-state index in [9.17, 15) is 14.9 Å². The number of carbonyl (C=O) groups excluding carboxylic acids is 1. The van der Waals surface area contributed by atoms with E-state index in [0.717, 1.165) is 31.7 Å². The van der Waals surface area contributed by atoms with Gasteiger partial charge in [0.15, 0.2) is 0 Å². The van der Waals surface area contributed by atoms with Crippen molar-refractivity contribution in [2.24, 2.45) is 5.41 Å². The Balaban J connectivity index is 1.75. The number of morpholine rings is 1. The highest BCUT2D eigenvalue weighted by Crippen LogP contribution is 2.51. The smallest absolute Gasteiger partial charge is 0.339 e. The molecule has 3 atom stereocenters. The number of carbonyl (C=O) groups is 1. The summed E-state index contributed by atoms with van der Waals surface area (Å²) in [5, 5.41) is 11.0. The van der Waals surface area contributed by atoms with Gasteiger partial charge in [0.05, 0.1) is 23.7 Å². The molecule has 0 N–H and O–H groups in total. The van der Waals surface area contributed by atoms with Crippen LogP contribution in [-0.4, -0.2) is 73.2 Å². The summed E-state index contributed by atoms with van der Waals surface area (Å²) in [6.07, 6.45) is 0.646. The van der Waals surface area contributed by atoms with Gasteiger partial charge < -0.3 is 14.4 Å². The minimum absolute atomic E-state index is 0.0561. The first-order valence-electron chi connectivity index (χ1n) is 11.8. The van der Waals surface area contributed by atoms with Crippen molar-refractivity contribution in [3.63, 3.8) is 0 Å². The second-order valence-corrected chi connectivity index (χ2v) is 9.80. The van der Waals surface area contributed by atoms with Crippen LogP contribution in [0.1, 0.15) is 36.2 Å². The van der Waals surface area contributed by atoms with Crippen LogP contribution >= 0.6 is 0 Å². The summed E-state index contributed by atoms with van der Waals surface area (Å²) in [7, 11) is 2.12. The Morgan fingerprint density at radius 3 is 2.41 bits per heavy atom. The lowest BCUT2D eigenvalue weighted by atomic mass is 9.63. The van der Waals surface area contributed by atoms with Gasteiger partial charge in [0.25, 0.3) is 5.69 Å². The summed E-state index contributed by atoms with van der Waals surface area (Å²) in [5.41, 5.74) is -0.0395. The Morgan fingerprint density at radius 1 is 1.15 bits per heavy atom. The number of likely N-dealkylation sites (tertiary alicyclic amines) is 1. The summed E-state index contributed by atoms with van der Waals surface area (Å²) in [6, 6.07) is 15.8. The average molecular weight is 468 g/mol. The van der Waals surface area contributed by atoms with Crippen LogP contribution in [-0.2, 0) is 15.1 Å². The van der Waals surface area contributed by atoms with Gasteiger partial charge in [-0.2, -0.15) is 0 Å². The molecule has 34 heavy (non-hydrogen) atoms. The molecule has 0 aliphatic carbocycles. The van der Waals surface area contributed by atoms with Crippen LogP contribution in [0.15, 0.2) is 54.6 Å². The van der Waals surface area contributed by atoms with Crippen LogP contribution in [0.5, 0.6) is 0 Å². The normalized spacial score (nSPS) is 28.4. The molecule has 0 spiro atoms. The number of hydrogen-bond donors (Lipinski definition) is 0. The highest BCUT2D eigenvalue weighted by atomic mass is 16.6. The zero-order valence-corrected chi connectivity index (χ0v) is 20.1. The summed E-state index contributed by atoms with van der Waals surface area (Å²) >= 11 is 0. The molecule has 0 saturated carbocycles. The van der Waals surface area contributed by atoms with Crippen LogP contribution in [0.4, 0.5) is 5.69 Å². The van der Waals surface area contributed by atoms with E-state index in [0.29, 0.717) is 25.2 Å². The van der Waals surface area contributed by atoms with Crippen LogP contribution in [0, 0.1) is 15.5 Å². The maximum atomic E-state index is 13.5. The number of esters is 1. The number of piperidine rings is 1. The van der Waals surface area contributed by atoms with Crippen molar-refractivity contribution in [1.82, 2.24) is 9.80 Å². The summed E-state index contributed by atoms with van der Waals surface area (Å²) in [6.45, 7) is 8.97. The molecule has 3 unspecified atom stereocenters. The Morgan fingerprint density at radius 2 is 1.79 bits per heavy atom. The molecule has 2 aliphatic heterocycles. The lowest BCUT2D eigenvalue weighted by Gasteiger charge is -2.57. The molecule has 182 valence electrons. The molecule has 2 heterocycles. The Kier molecular flexibility index (Phi) is 7.02. The molecule has 0 radical (unpaired) electrons. The van der Waals surface area contributed by atoms with E-state index in [4.69, 9.17) is 9.47 Å². The van der Waals surface area contributed by atoms with Gasteiger partial charge in [0.1, 0.15) is 5.60 Å². The van der Waals surface area contributed by atoms with E-state index in [2.05, 4.69) is 30.7 Å². The van der Waals surface area contributed by atoms with Crippen molar-refractivity contribution in [3.8, 4) is 0 Å². The van der Waals surface area contributed by atoms with E-state index < -0.39 is 21.9 Å². The molecule has 4 rings (SSSR count). The number of nitrogens with zero attached hydrogens (tertiary/aromatic N) is 3. The monoisotopic (exact) mass is 467 g/mol. The van der Waals surface area contributed by atoms with Crippen molar-refractivity contribution in [1.29, 1.82) is 0 Å². The van der Waals surface area contributed by atoms with Gasteiger partial charge in [0, 0.05) is 56.2 Å². The maximum absolute atomic E-state index is 13.5. The number of non-ortho nitro benzene ring substituents is 1. The van der Waals surface area contributed by atoms with Crippen molar-refractivity contribution < 1.29 is 19.2 Å². The fraction of sp³-hybridized carbons (Fsp3) is 0.500. The van der Waals surface area contributed by atoms with Crippen molar-refractivity contribution in [2.45, 2.75) is 31.9 Å². The summed E-state index contributed by atoms with van der Waals surface area (Å²) in [4.78, 5) is 28.8. The van der Waals surface area contributed by atoms with Crippen LogP contribution in [0.25, 0.3) is 0 Å². The molecule has 2 saturated heterocycles. The number of ether oxygens (including phenoxy) is 2. The topological polar surface area (TPSA) is 85.1 Å². The van der Waals surface area contributed by atoms with Gasteiger partial charge >= 0.3 is 5.97 Å². The molecule has 2 fully saturated rings. The minimum atomic E-state index is -0.864. The van der Waals surface area contributed by atoms with Gasteiger partial charge in [-0.15, -0.1) is 0 Å². The largest absolute Gasteiger partial charge is 0.450 e. The second-order valence-electron chi connectivity index (χ2n) is 9.80. The van der Waals surface area contributed by atoms with Gasteiger partial charge in [0.2, 0.25) is 0 Å². The van der Waals surface area contributed by atoms with Gasteiger partial charge in [-0.1, -0.05) is 37.3 Å². The third kappa shape index (κ3) is 4.71. The highest BCUT2D eigenvalue weighted by molar-refractivity contribution is 5.90. The lowest BCUT2D eigenvalue weighted by molar-refractivity contribution is -0.384. The minimum Gasteiger partial charge on any atom is -0.450 e. The Hall–Kier alpha value is -2.81. The first-order valence-corrected chi connectivity index (χ1v) is 11.8.